The third-order valence-corrected chi connectivity index (χ3v) is 1.85. The Labute approximate surface area is 77.0 Å². The number of nitrogens with two attached hydrogens (primary N) is 1. The van der Waals surface area contributed by atoms with Gasteiger partial charge in [-0.3, -0.25) is 0 Å². The van der Waals surface area contributed by atoms with Gasteiger partial charge in [-0.1, -0.05) is 0 Å². The molecule has 0 unspecified atom stereocenters. The van der Waals surface area contributed by atoms with Gasteiger partial charge in [0.25, 0.3) is 0 Å². The Morgan fingerprint density at radius 3 is 2.23 bits per heavy atom. The molecule has 0 fully saturated rings. The van der Waals surface area contributed by atoms with Crippen molar-refractivity contribution in [2.24, 2.45) is 0 Å². The minimum Gasteiger partial charge on any atom is -0.395 e. The maximum absolute atomic E-state index is 12.9. The van der Waals surface area contributed by atoms with Gasteiger partial charge in [-0.15, -0.1) is 12.6 Å². The molecule has 1 nitrogen and oxygen atoms in total. The molecule has 2 N–H and O–H groups in total. The second-order valence-electron chi connectivity index (χ2n) is 2.36. The van der Waals surface area contributed by atoms with Crippen LogP contribution in [-0.4, -0.2) is 0 Å². The van der Waals surface area contributed by atoms with E-state index in [0.29, 0.717) is 6.07 Å². The number of thiol groups is 1. The standard InChI is InChI=1S/C7H5F4NS/c8-5-3(7(9,10)11)1-2-4(13)6(5)12/h1-2,13H,12H2. The van der Waals surface area contributed by atoms with Crippen LogP contribution in [0.4, 0.5) is 23.2 Å². The van der Waals surface area contributed by atoms with E-state index >= 15 is 0 Å². The first-order valence-electron chi connectivity index (χ1n) is 3.18. The Morgan fingerprint density at radius 1 is 1.23 bits per heavy atom. The zero-order valence-corrected chi connectivity index (χ0v) is 7.09. The van der Waals surface area contributed by atoms with Crippen LogP contribution in [-0.2, 0) is 6.18 Å². The van der Waals surface area contributed by atoms with E-state index in [1.54, 1.807) is 0 Å². The fraction of sp³-hybridized carbons (Fsp3) is 0.143. The molecule has 0 amide bonds. The van der Waals surface area contributed by atoms with Crippen LogP contribution < -0.4 is 5.73 Å². The van der Waals surface area contributed by atoms with E-state index in [9.17, 15) is 17.6 Å². The maximum Gasteiger partial charge on any atom is 0.419 e. The van der Waals surface area contributed by atoms with Crippen LogP contribution in [0, 0.1) is 5.82 Å². The first-order valence-corrected chi connectivity index (χ1v) is 3.63. The average molecular weight is 211 g/mol. The summed E-state index contributed by atoms with van der Waals surface area (Å²) in [6.45, 7) is 0. The number of anilines is 1. The van der Waals surface area contributed by atoms with Gasteiger partial charge in [0.1, 0.15) is 0 Å². The molecule has 13 heavy (non-hydrogen) atoms. The van der Waals surface area contributed by atoms with Gasteiger partial charge in [-0.05, 0) is 12.1 Å². The van der Waals surface area contributed by atoms with Crippen LogP contribution in [0.5, 0.6) is 0 Å². The maximum atomic E-state index is 12.9. The number of halogens is 4. The molecule has 1 aromatic carbocycles. The molecule has 72 valence electrons. The van der Waals surface area contributed by atoms with E-state index in [0.717, 1.165) is 6.07 Å². The predicted octanol–water partition coefficient (Wildman–Crippen LogP) is 2.72. The molecule has 1 aromatic rings. The fourth-order valence-electron chi connectivity index (χ4n) is 0.802. The molecule has 0 aliphatic carbocycles. The summed E-state index contributed by atoms with van der Waals surface area (Å²) in [5.41, 5.74) is 3.07. The van der Waals surface area contributed by atoms with E-state index in [4.69, 9.17) is 5.73 Å². The Balaban J connectivity index is 3.35. The summed E-state index contributed by atoms with van der Waals surface area (Å²) in [4.78, 5) is -0.00880. The Kier molecular flexibility index (Phi) is 2.42. The summed E-state index contributed by atoms with van der Waals surface area (Å²) in [7, 11) is 0. The second-order valence-corrected chi connectivity index (χ2v) is 2.84. The molecule has 0 aliphatic rings. The number of benzene rings is 1. The van der Waals surface area contributed by atoms with Gasteiger partial charge in [-0.2, -0.15) is 13.2 Å². The topological polar surface area (TPSA) is 26.0 Å². The molecule has 0 bridgehead atoms. The molecule has 0 aromatic heterocycles. The first-order chi connectivity index (χ1) is 5.84. The van der Waals surface area contributed by atoms with Crippen LogP contribution in [0.2, 0.25) is 0 Å². The SMILES string of the molecule is Nc1c(S)ccc(C(F)(F)F)c1F. The quantitative estimate of drug-likeness (QED) is 0.385. The summed E-state index contributed by atoms with van der Waals surface area (Å²) < 4.78 is 49.0. The van der Waals surface area contributed by atoms with Crippen molar-refractivity contribution in [3.63, 3.8) is 0 Å². The van der Waals surface area contributed by atoms with Gasteiger partial charge in [0, 0.05) is 4.90 Å². The summed E-state index contributed by atoms with van der Waals surface area (Å²) in [6, 6.07) is 1.61. The summed E-state index contributed by atoms with van der Waals surface area (Å²) in [5, 5.41) is 0. The lowest BCUT2D eigenvalue weighted by molar-refractivity contribution is -0.139. The van der Waals surface area contributed by atoms with Crippen molar-refractivity contribution in [3.05, 3.63) is 23.5 Å². The van der Waals surface area contributed by atoms with E-state index < -0.39 is 23.2 Å². The van der Waals surface area contributed by atoms with Gasteiger partial charge in [-0.25, -0.2) is 4.39 Å². The molecule has 0 heterocycles. The van der Waals surface area contributed by atoms with Crippen molar-refractivity contribution in [2.75, 3.05) is 5.73 Å². The lowest BCUT2D eigenvalue weighted by atomic mass is 10.2. The fourth-order valence-corrected chi connectivity index (χ4v) is 0.974. The lowest BCUT2D eigenvalue weighted by Crippen LogP contribution is -2.10. The largest absolute Gasteiger partial charge is 0.419 e. The normalized spacial score (nSPS) is 11.8. The van der Waals surface area contributed by atoms with Crippen molar-refractivity contribution in [1.82, 2.24) is 0 Å². The van der Waals surface area contributed by atoms with Crippen LogP contribution in [0.25, 0.3) is 0 Å². The van der Waals surface area contributed by atoms with Crippen molar-refractivity contribution < 1.29 is 17.6 Å². The third-order valence-electron chi connectivity index (χ3n) is 1.46. The molecular weight excluding hydrogens is 206 g/mol. The van der Waals surface area contributed by atoms with Crippen molar-refractivity contribution in [1.29, 1.82) is 0 Å². The number of alkyl halides is 3. The number of rotatable bonds is 0. The van der Waals surface area contributed by atoms with Crippen molar-refractivity contribution in [3.8, 4) is 0 Å². The second kappa shape index (κ2) is 3.10. The highest BCUT2D eigenvalue weighted by Crippen LogP contribution is 2.35. The lowest BCUT2D eigenvalue weighted by Gasteiger charge is -2.10. The third kappa shape index (κ3) is 1.88. The van der Waals surface area contributed by atoms with Crippen molar-refractivity contribution >= 4 is 18.3 Å². The highest BCUT2D eigenvalue weighted by Gasteiger charge is 2.35. The molecule has 0 saturated carbocycles. The van der Waals surface area contributed by atoms with Crippen molar-refractivity contribution in [2.45, 2.75) is 11.1 Å². The highest BCUT2D eigenvalue weighted by molar-refractivity contribution is 7.80. The summed E-state index contributed by atoms with van der Waals surface area (Å²) in [5.74, 6) is -1.47. The zero-order chi connectivity index (χ0) is 10.2. The van der Waals surface area contributed by atoms with Gasteiger partial charge >= 0.3 is 6.18 Å². The Hall–Kier alpha value is -0.910. The molecule has 0 spiro atoms. The molecule has 1 rings (SSSR count). The molecule has 0 atom stereocenters. The number of hydrogen-bond acceptors (Lipinski definition) is 2. The minimum absolute atomic E-state index is 0.00880. The van der Waals surface area contributed by atoms with Crippen LogP contribution >= 0.6 is 12.6 Å². The molecule has 0 saturated heterocycles. The minimum atomic E-state index is -4.72. The van der Waals surface area contributed by atoms with Gasteiger partial charge in [0.2, 0.25) is 0 Å². The van der Waals surface area contributed by atoms with E-state index in [-0.39, 0.29) is 4.90 Å². The summed E-state index contributed by atoms with van der Waals surface area (Å²) in [6.07, 6.45) is -4.72. The van der Waals surface area contributed by atoms with Crippen LogP contribution in [0.15, 0.2) is 17.0 Å². The Bertz CT molecular complexity index is 334. The zero-order valence-electron chi connectivity index (χ0n) is 6.19. The van der Waals surface area contributed by atoms with Gasteiger partial charge < -0.3 is 5.73 Å². The van der Waals surface area contributed by atoms with E-state index in [1.165, 1.54) is 0 Å². The predicted molar refractivity (Wildman–Crippen MR) is 43.1 cm³/mol. The molecule has 6 heteroatoms. The first kappa shape index (κ1) is 10.2. The molecule has 0 aliphatic heterocycles. The van der Waals surface area contributed by atoms with Gasteiger partial charge in [0.15, 0.2) is 5.82 Å². The summed E-state index contributed by atoms with van der Waals surface area (Å²) >= 11 is 3.68. The van der Waals surface area contributed by atoms with Crippen LogP contribution in [0.3, 0.4) is 0 Å². The van der Waals surface area contributed by atoms with E-state index in [2.05, 4.69) is 12.6 Å². The number of nitrogen functional groups attached to an aromatic ring is 1. The van der Waals surface area contributed by atoms with E-state index in [1.807, 2.05) is 0 Å². The average Bonchev–Trinajstić information content (AvgIpc) is 1.98. The van der Waals surface area contributed by atoms with Gasteiger partial charge in [0.05, 0.1) is 11.3 Å². The molecule has 0 radical (unpaired) electrons. The van der Waals surface area contributed by atoms with Crippen LogP contribution in [0.1, 0.15) is 5.56 Å². The number of hydrogen-bond donors (Lipinski definition) is 2. The Morgan fingerprint density at radius 2 is 1.77 bits per heavy atom. The highest BCUT2D eigenvalue weighted by atomic mass is 32.1. The molecular formula is C7H5F4NS. The smallest absolute Gasteiger partial charge is 0.395 e. The monoisotopic (exact) mass is 211 g/mol.